The molecule has 0 aliphatic carbocycles. The summed E-state index contributed by atoms with van der Waals surface area (Å²) in [4.78, 5) is 73.3. The number of hydrogen-bond acceptors (Lipinski definition) is 15. The summed E-state index contributed by atoms with van der Waals surface area (Å²) in [5, 5.41) is 10.7. The number of hydrogen-bond donors (Lipinski definition) is 3. The quantitative estimate of drug-likeness (QED) is 0.0222. The molecule has 0 fully saturated rings. The number of unbranched alkanes of at least 4 members (excludes halogenated alkanes) is 59. The molecule has 636 valence electrons. The van der Waals surface area contributed by atoms with Crippen LogP contribution in [0.4, 0.5) is 0 Å². The molecule has 107 heavy (non-hydrogen) atoms. The smallest absolute Gasteiger partial charge is 0.462 e. The van der Waals surface area contributed by atoms with E-state index < -0.39 is 97.5 Å². The Bertz CT molecular complexity index is 2030. The Morgan fingerprint density at radius 2 is 0.449 bits per heavy atom. The summed E-state index contributed by atoms with van der Waals surface area (Å²) in [6.45, 7) is 7.39. The largest absolute Gasteiger partial charge is 0.472 e. The lowest BCUT2D eigenvalue weighted by molar-refractivity contribution is -0.161. The second-order valence-electron chi connectivity index (χ2n) is 31.9. The second-order valence-corrected chi connectivity index (χ2v) is 34.8. The first-order chi connectivity index (χ1) is 52.1. The van der Waals surface area contributed by atoms with Gasteiger partial charge >= 0.3 is 39.5 Å². The molecule has 0 aromatic heterocycles. The molecule has 0 saturated carbocycles. The maximum atomic E-state index is 13.2. The number of ether oxygens (including phenoxy) is 4. The molecule has 17 nitrogen and oxygen atoms in total. The van der Waals surface area contributed by atoms with Crippen LogP contribution < -0.4 is 0 Å². The summed E-state index contributed by atoms with van der Waals surface area (Å²) < 4.78 is 69.0. The Balaban J connectivity index is 5.26. The van der Waals surface area contributed by atoms with Crippen molar-refractivity contribution >= 4 is 39.5 Å². The Labute approximate surface area is 658 Å². The van der Waals surface area contributed by atoms with Gasteiger partial charge in [0.25, 0.3) is 0 Å². The van der Waals surface area contributed by atoms with E-state index in [1.165, 1.54) is 302 Å². The van der Waals surface area contributed by atoms with Gasteiger partial charge in [-0.05, 0) is 31.6 Å². The third-order valence-electron chi connectivity index (χ3n) is 21.1. The van der Waals surface area contributed by atoms with E-state index >= 15 is 0 Å². The van der Waals surface area contributed by atoms with Crippen LogP contribution in [0.3, 0.4) is 0 Å². The van der Waals surface area contributed by atoms with Gasteiger partial charge in [-0.1, -0.05) is 426 Å². The first-order valence-corrected chi connectivity index (χ1v) is 48.7. The first-order valence-electron chi connectivity index (χ1n) is 45.7. The molecular weight excluding hydrogens is 1390 g/mol. The van der Waals surface area contributed by atoms with Crippen LogP contribution in [0.25, 0.3) is 0 Å². The topological polar surface area (TPSA) is 237 Å². The fraction of sp³-hybridized carbons (Fsp3) is 0.955. The molecule has 0 bridgehead atoms. The van der Waals surface area contributed by atoms with Gasteiger partial charge in [-0.2, -0.15) is 0 Å². The summed E-state index contributed by atoms with van der Waals surface area (Å²) in [5.74, 6) is -1.32. The van der Waals surface area contributed by atoms with Crippen molar-refractivity contribution in [2.24, 2.45) is 5.92 Å². The average molecular weight is 1560 g/mol. The minimum absolute atomic E-state index is 0.109. The maximum Gasteiger partial charge on any atom is 0.472 e. The number of aliphatic hydroxyl groups is 1. The number of carbonyl (C=O) groups excluding carboxylic acids is 4. The van der Waals surface area contributed by atoms with Crippen molar-refractivity contribution in [3.63, 3.8) is 0 Å². The monoisotopic (exact) mass is 1560 g/mol. The molecule has 19 heteroatoms. The lowest BCUT2D eigenvalue weighted by Gasteiger charge is -2.21. The molecule has 3 unspecified atom stereocenters. The first kappa shape index (κ1) is 105. The SMILES string of the molecule is CCCCCCCCCCCCCCCCCCCCCC(=O)O[C@H](COC(=O)CCCCCCCCCCCCCCCCCCCC)COP(=O)(O)OC[C@@H](O)COP(=O)(O)OC[C@@H](COC(=O)CCCCCCCCCCC(C)CC)OC(=O)CCCCCCCCCCCCCCCCCCCC. The van der Waals surface area contributed by atoms with Gasteiger partial charge in [0.1, 0.15) is 19.3 Å². The standard InChI is InChI=1S/C88H172O17P2/c1-6-10-13-16-19-22-25-28-31-34-37-40-43-46-49-52-59-64-69-73-87(92)104-83(77-98-85(90)71-66-61-56-50-47-44-41-38-35-32-29-26-23-20-17-14-11-7-2)79-102-106(94,95)100-75-82(89)76-101-107(96,97)103-80-84(78-99-86(91)72-67-62-57-54-53-55-60-65-70-81(5)9-4)105-88(93)74-68-63-58-51-48-45-42-39-36-33-30-27-24-21-18-15-12-8-3/h81-84,89H,6-80H2,1-5H3,(H,94,95)(H,96,97)/t81?,82-,83-,84-/m1/s1. The molecule has 0 aliphatic rings. The van der Waals surface area contributed by atoms with E-state index in [0.717, 1.165) is 95.8 Å². The molecule has 0 amide bonds. The van der Waals surface area contributed by atoms with Crippen LogP contribution in [0.1, 0.15) is 478 Å². The van der Waals surface area contributed by atoms with Crippen LogP contribution in [-0.2, 0) is 65.4 Å². The minimum Gasteiger partial charge on any atom is -0.462 e. The molecule has 6 atom stereocenters. The highest BCUT2D eigenvalue weighted by atomic mass is 31.2. The number of aliphatic hydroxyl groups excluding tert-OH is 1. The third-order valence-corrected chi connectivity index (χ3v) is 23.0. The molecule has 0 aromatic carbocycles. The number of phosphoric acid groups is 2. The summed E-state index contributed by atoms with van der Waals surface area (Å²) >= 11 is 0. The van der Waals surface area contributed by atoms with Crippen molar-refractivity contribution in [1.29, 1.82) is 0 Å². The third kappa shape index (κ3) is 80.5. The molecule has 0 radical (unpaired) electrons. The molecule has 3 N–H and O–H groups in total. The van der Waals surface area contributed by atoms with E-state index in [2.05, 4.69) is 34.6 Å². The van der Waals surface area contributed by atoms with E-state index in [9.17, 15) is 43.2 Å². The average Bonchev–Trinajstić information content (AvgIpc) is 0.900. The van der Waals surface area contributed by atoms with Gasteiger partial charge in [-0.25, -0.2) is 9.13 Å². The van der Waals surface area contributed by atoms with Crippen LogP contribution in [-0.4, -0.2) is 96.7 Å². The van der Waals surface area contributed by atoms with Gasteiger partial charge in [0.2, 0.25) is 0 Å². The van der Waals surface area contributed by atoms with E-state index in [-0.39, 0.29) is 25.7 Å². The highest BCUT2D eigenvalue weighted by Gasteiger charge is 2.30. The predicted molar refractivity (Wildman–Crippen MR) is 442 cm³/mol. The minimum atomic E-state index is -4.97. The Kier molecular flexibility index (Phi) is 79.2. The summed E-state index contributed by atoms with van der Waals surface area (Å²) in [6, 6.07) is 0. The molecule has 0 saturated heterocycles. The van der Waals surface area contributed by atoms with E-state index in [0.29, 0.717) is 25.7 Å². The lowest BCUT2D eigenvalue weighted by atomic mass is 9.99. The normalized spacial score (nSPS) is 14.0. The van der Waals surface area contributed by atoms with Crippen molar-refractivity contribution in [1.82, 2.24) is 0 Å². The van der Waals surface area contributed by atoms with Gasteiger partial charge in [-0.3, -0.25) is 37.3 Å². The van der Waals surface area contributed by atoms with Crippen LogP contribution in [0, 0.1) is 5.92 Å². The Hall–Kier alpha value is -1.94. The Morgan fingerprint density at radius 3 is 0.664 bits per heavy atom. The van der Waals surface area contributed by atoms with Crippen molar-refractivity contribution < 1.29 is 80.2 Å². The van der Waals surface area contributed by atoms with Crippen molar-refractivity contribution in [2.75, 3.05) is 39.6 Å². The highest BCUT2D eigenvalue weighted by molar-refractivity contribution is 7.47. The molecule has 0 heterocycles. The maximum absolute atomic E-state index is 13.2. The summed E-state index contributed by atoms with van der Waals surface area (Å²) in [6.07, 6.45) is 74.9. The van der Waals surface area contributed by atoms with E-state index in [4.69, 9.17) is 37.0 Å². The molecular formula is C88H172O17P2. The van der Waals surface area contributed by atoms with Crippen LogP contribution >= 0.6 is 15.6 Å². The van der Waals surface area contributed by atoms with Gasteiger partial charge in [0, 0.05) is 25.7 Å². The van der Waals surface area contributed by atoms with Crippen LogP contribution in [0.5, 0.6) is 0 Å². The second kappa shape index (κ2) is 80.7. The van der Waals surface area contributed by atoms with Crippen molar-refractivity contribution in [2.45, 2.75) is 496 Å². The van der Waals surface area contributed by atoms with E-state index in [1.807, 2.05) is 0 Å². The number of rotatable bonds is 88. The Morgan fingerprint density at radius 1 is 0.262 bits per heavy atom. The van der Waals surface area contributed by atoms with Crippen LogP contribution in [0.15, 0.2) is 0 Å². The van der Waals surface area contributed by atoms with Crippen molar-refractivity contribution in [3.05, 3.63) is 0 Å². The zero-order valence-electron chi connectivity index (χ0n) is 70.3. The number of esters is 4. The van der Waals surface area contributed by atoms with Gasteiger partial charge in [-0.15, -0.1) is 0 Å². The number of carbonyl (C=O) groups is 4. The summed E-state index contributed by atoms with van der Waals surface area (Å²) in [7, 11) is -9.93. The summed E-state index contributed by atoms with van der Waals surface area (Å²) in [5.41, 5.74) is 0. The molecule has 0 aromatic rings. The highest BCUT2D eigenvalue weighted by Crippen LogP contribution is 2.45. The lowest BCUT2D eigenvalue weighted by Crippen LogP contribution is -2.30. The molecule has 0 rings (SSSR count). The van der Waals surface area contributed by atoms with Crippen molar-refractivity contribution in [3.8, 4) is 0 Å². The zero-order valence-corrected chi connectivity index (χ0v) is 72.1. The fourth-order valence-electron chi connectivity index (χ4n) is 13.8. The fourth-order valence-corrected chi connectivity index (χ4v) is 15.4. The zero-order chi connectivity index (χ0) is 78.3. The predicted octanol–water partition coefficient (Wildman–Crippen LogP) is 27.2. The van der Waals surface area contributed by atoms with Crippen LogP contribution in [0.2, 0.25) is 0 Å². The number of phosphoric ester groups is 2. The molecule has 0 spiro atoms. The van der Waals surface area contributed by atoms with E-state index in [1.54, 1.807) is 0 Å². The van der Waals surface area contributed by atoms with Gasteiger partial charge in [0.05, 0.1) is 26.4 Å². The van der Waals surface area contributed by atoms with Gasteiger partial charge < -0.3 is 33.8 Å². The molecule has 0 aliphatic heterocycles. The van der Waals surface area contributed by atoms with Gasteiger partial charge in [0.15, 0.2) is 12.2 Å².